The summed E-state index contributed by atoms with van der Waals surface area (Å²) in [6, 6.07) is 3.44. The van der Waals surface area contributed by atoms with Gasteiger partial charge in [0.05, 0.1) is 12.6 Å². The van der Waals surface area contributed by atoms with Gasteiger partial charge in [-0.2, -0.15) is 0 Å². The average Bonchev–Trinajstić information content (AvgIpc) is 3.04. The number of aryl methyl sites for hydroxylation is 1. The first-order valence-electron chi connectivity index (χ1n) is 9.32. The average molecular weight is 342 g/mol. The number of hydrogen-bond donors (Lipinski definition) is 3. The summed E-state index contributed by atoms with van der Waals surface area (Å²) in [6.07, 6.45) is 13.9. The van der Waals surface area contributed by atoms with E-state index in [-0.39, 0.29) is 6.61 Å². The quantitative estimate of drug-likeness (QED) is 0.434. The third-order valence-corrected chi connectivity index (χ3v) is 5.58. The molecule has 0 fully saturated rings. The minimum atomic E-state index is -0.744. The Morgan fingerprint density at radius 2 is 1.52 bits per heavy atom. The van der Waals surface area contributed by atoms with Crippen molar-refractivity contribution >= 4 is 11.3 Å². The molecule has 0 radical (unpaired) electrons. The maximum atomic E-state index is 9.97. The van der Waals surface area contributed by atoms with Crippen LogP contribution in [-0.4, -0.2) is 22.9 Å². The van der Waals surface area contributed by atoms with Crippen molar-refractivity contribution in [3.63, 3.8) is 0 Å². The molecule has 0 aliphatic heterocycles. The zero-order valence-corrected chi connectivity index (χ0v) is 15.5. The smallest absolute Gasteiger partial charge is 0.105 e. The van der Waals surface area contributed by atoms with Crippen LogP contribution in [0, 0.1) is 0 Å². The molecule has 4 N–H and O–H groups in total. The van der Waals surface area contributed by atoms with Gasteiger partial charge < -0.3 is 15.9 Å². The van der Waals surface area contributed by atoms with E-state index in [0.717, 1.165) is 11.3 Å². The molecule has 134 valence electrons. The molecule has 0 amide bonds. The van der Waals surface area contributed by atoms with Crippen molar-refractivity contribution in [1.82, 2.24) is 0 Å². The van der Waals surface area contributed by atoms with Gasteiger partial charge in [-0.25, -0.2) is 0 Å². The van der Waals surface area contributed by atoms with Crippen molar-refractivity contribution in [1.29, 1.82) is 0 Å². The van der Waals surface area contributed by atoms with Crippen LogP contribution in [0.4, 0.5) is 0 Å². The Labute approximate surface area is 145 Å². The lowest BCUT2D eigenvalue weighted by atomic mass is 10.1. The summed E-state index contributed by atoms with van der Waals surface area (Å²) in [5, 5.41) is 19.0. The lowest BCUT2D eigenvalue weighted by Gasteiger charge is -2.14. The van der Waals surface area contributed by atoms with E-state index in [1.165, 1.54) is 69.1 Å². The molecular weight excluding hydrogens is 306 g/mol. The molecule has 0 aliphatic carbocycles. The lowest BCUT2D eigenvalue weighted by molar-refractivity contribution is 0.112. The lowest BCUT2D eigenvalue weighted by Crippen LogP contribution is -2.31. The van der Waals surface area contributed by atoms with Gasteiger partial charge in [0.25, 0.3) is 0 Å². The highest BCUT2D eigenvalue weighted by atomic mass is 32.1. The molecule has 1 aromatic heterocycles. The molecule has 4 heteroatoms. The van der Waals surface area contributed by atoms with Crippen LogP contribution in [0.15, 0.2) is 12.1 Å². The molecule has 0 saturated carbocycles. The van der Waals surface area contributed by atoms with E-state index >= 15 is 0 Å². The van der Waals surface area contributed by atoms with E-state index in [4.69, 9.17) is 10.8 Å². The Balaban J connectivity index is 2.05. The molecule has 0 aromatic carbocycles. The fraction of sp³-hybridized carbons (Fsp3) is 0.789. The van der Waals surface area contributed by atoms with Crippen LogP contribution in [0.5, 0.6) is 0 Å². The van der Waals surface area contributed by atoms with E-state index < -0.39 is 12.1 Å². The molecule has 0 bridgehead atoms. The van der Waals surface area contributed by atoms with Crippen LogP contribution >= 0.6 is 11.3 Å². The highest BCUT2D eigenvalue weighted by Crippen LogP contribution is 2.26. The second-order valence-corrected chi connectivity index (χ2v) is 7.73. The Kier molecular flexibility index (Phi) is 11.6. The maximum Gasteiger partial charge on any atom is 0.105 e. The molecule has 0 aliphatic rings. The number of nitrogens with two attached hydrogens (primary N) is 1. The minimum Gasteiger partial charge on any atom is -0.395 e. The topological polar surface area (TPSA) is 66.5 Å². The molecule has 0 unspecified atom stereocenters. The first-order valence-corrected chi connectivity index (χ1v) is 10.1. The minimum absolute atomic E-state index is 0.188. The normalized spacial score (nSPS) is 14.1. The number of thiophene rings is 1. The van der Waals surface area contributed by atoms with Gasteiger partial charge in [-0.05, 0) is 25.0 Å². The van der Waals surface area contributed by atoms with Gasteiger partial charge in [-0.3, -0.25) is 0 Å². The standard InChI is InChI=1S/C19H35NO2S/c1-2-3-4-5-6-7-8-9-10-11-12-16-13-14-18(23-16)19(22)17(20)15-21/h13-14,17,19,21-22H,2-12,15,20H2,1H3/t17-,19-/m0/s1. The zero-order valence-electron chi connectivity index (χ0n) is 14.7. The molecule has 3 nitrogen and oxygen atoms in total. The molecule has 0 saturated heterocycles. The predicted octanol–water partition coefficient (Wildman–Crippen LogP) is 4.56. The highest BCUT2D eigenvalue weighted by Gasteiger charge is 2.17. The van der Waals surface area contributed by atoms with Crippen LogP contribution in [0.25, 0.3) is 0 Å². The summed E-state index contributed by atoms with van der Waals surface area (Å²) < 4.78 is 0. The first-order chi connectivity index (χ1) is 11.2. The van der Waals surface area contributed by atoms with Crippen LogP contribution in [0.3, 0.4) is 0 Å². The number of aliphatic hydroxyl groups excluding tert-OH is 2. The first kappa shape index (κ1) is 20.6. The van der Waals surface area contributed by atoms with E-state index in [1.54, 1.807) is 11.3 Å². The third kappa shape index (κ3) is 8.85. The second-order valence-electron chi connectivity index (χ2n) is 6.53. The van der Waals surface area contributed by atoms with Crippen LogP contribution < -0.4 is 5.73 Å². The van der Waals surface area contributed by atoms with E-state index in [1.807, 2.05) is 6.07 Å². The second kappa shape index (κ2) is 12.9. The fourth-order valence-electron chi connectivity index (χ4n) is 2.79. The number of rotatable bonds is 14. The molecular formula is C19H35NO2S. The van der Waals surface area contributed by atoms with Gasteiger partial charge in [0.1, 0.15) is 6.10 Å². The van der Waals surface area contributed by atoms with Crippen molar-refractivity contribution in [2.45, 2.75) is 89.7 Å². The third-order valence-electron chi connectivity index (χ3n) is 4.37. The van der Waals surface area contributed by atoms with E-state index in [0.29, 0.717) is 0 Å². The van der Waals surface area contributed by atoms with Crippen molar-refractivity contribution in [3.05, 3.63) is 21.9 Å². The molecule has 2 atom stereocenters. The van der Waals surface area contributed by atoms with Gasteiger partial charge in [-0.1, -0.05) is 64.7 Å². The monoisotopic (exact) mass is 341 g/mol. The summed E-state index contributed by atoms with van der Waals surface area (Å²) in [5.41, 5.74) is 5.67. The predicted molar refractivity (Wildman–Crippen MR) is 99.9 cm³/mol. The number of unbranched alkanes of at least 4 members (excludes halogenated alkanes) is 9. The maximum absolute atomic E-state index is 9.97. The largest absolute Gasteiger partial charge is 0.395 e. The van der Waals surface area contributed by atoms with Crippen LogP contribution in [0.2, 0.25) is 0 Å². The van der Waals surface area contributed by atoms with E-state index in [9.17, 15) is 5.11 Å². The Morgan fingerprint density at radius 1 is 0.957 bits per heavy atom. The highest BCUT2D eigenvalue weighted by molar-refractivity contribution is 7.12. The zero-order chi connectivity index (χ0) is 16.9. The molecule has 1 heterocycles. The van der Waals surface area contributed by atoms with Crippen LogP contribution in [0.1, 0.15) is 87.0 Å². The van der Waals surface area contributed by atoms with E-state index in [2.05, 4.69) is 13.0 Å². The molecule has 0 spiro atoms. The van der Waals surface area contributed by atoms with Crippen molar-refractivity contribution in [2.75, 3.05) is 6.61 Å². The summed E-state index contributed by atoms with van der Waals surface area (Å²) in [5.74, 6) is 0. The summed E-state index contributed by atoms with van der Waals surface area (Å²) >= 11 is 1.62. The number of hydrogen-bond acceptors (Lipinski definition) is 4. The van der Waals surface area contributed by atoms with Gasteiger partial charge in [0.15, 0.2) is 0 Å². The Hall–Kier alpha value is -0.420. The molecule has 1 rings (SSSR count). The van der Waals surface area contributed by atoms with Crippen molar-refractivity contribution in [2.24, 2.45) is 5.73 Å². The summed E-state index contributed by atoms with van der Waals surface area (Å²) in [6.45, 7) is 2.07. The SMILES string of the molecule is CCCCCCCCCCCCc1ccc([C@@H](O)[C@@H](N)CO)s1. The van der Waals surface area contributed by atoms with Gasteiger partial charge in [0.2, 0.25) is 0 Å². The summed E-state index contributed by atoms with van der Waals surface area (Å²) in [7, 11) is 0. The van der Waals surface area contributed by atoms with Gasteiger partial charge >= 0.3 is 0 Å². The molecule has 1 aromatic rings. The van der Waals surface area contributed by atoms with Crippen LogP contribution in [-0.2, 0) is 6.42 Å². The number of aliphatic hydroxyl groups is 2. The Morgan fingerprint density at radius 3 is 2.09 bits per heavy atom. The fourth-order valence-corrected chi connectivity index (χ4v) is 3.90. The summed E-state index contributed by atoms with van der Waals surface area (Å²) in [4.78, 5) is 2.18. The Bertz CT molecular complexity index is 394. The van der Waals surface area contributed by atoms with Crippen molar-refractivity contribution in [3.8, 4) is 0 Å². The van der Waals surface area contributed by atoms with Gasteiger partial charge in [-0.15, -0.1) is 11.3 Å². The van der Waals surface area contributed by atoms with Gasteiger partial charge in [0, 0.05) is 9.75 Å². The molecule has 23 heavy (non-hydrogen) atoms. The van der Waals surface area contributed by atoms with Crippen molar-refractivity contribution < 1.29 is 10.2 Å².